The van der Waals surface area contributed by atoms with Gasteiger partial charge in [-0.3, -0.25) is 0 Å². The molecule has 0 saturated heterocycles. The summed E-state index contributed by atoms with van der Waals surface area (Å²) in [5, 5.41) is 13.7. The van der Waals surface area contributed by atoms with Crippen LogP contribution in [0.15, 0.2) is 109 Å². The van der Waals surface area contributed by atoms with Crippen molar-refractivity contribution in [3.8, 4) is 17.4 Å². The smallest absolute Gasteiger partial charge is 0.212 e. The first-order valence-corrected chi connectivity index (χ1v) is 11.6. The fourth-order valence-corrected chi connectivity index (χ4v) is 5.31. The van der Waals surface area contributed by atoms with Crippen LogP contribution in [0.5, 0.6) is 0 Å². The number of rotatable bonds is 2. The van der Waals surface area contributed by atoms with Crippen LogP contribution < -0.4 is 0 Å². The minimum atomic E-state index is 0.352. The van der Waals surface area contributed by atoms with E-state index in [4.69, 9.17) is 9.31 Å². The fourth-order valence-electron chi connectivity index (χ4n) is 5.31. The molecule has 0 aliphatic carbocycles. The average Bonchev–Trinajstić information content (AvgIpc) is 3.47. The molecule has 0 unspecified atom stereocenters. The standard InChI is InChI=1S/C32H18N4/c1-34-26-18-21(20-33)31(35-27-14-6-2-10-22(27)23-11-3-7-15-28(23)35)19-32(26)36-29-16-8-4-12-24(29)25-13-5-9-17-30(25)36/h2-19H/i10D,12D. The second-order valence-electron chi connectivity index (χ2n) is 8.65. The van der Waals surface area contributed by atoms with E-state index in [1.165, 1.54) is 0 Å². The lowest BCUT2D eigenvalue weighted by Crippen LogP contribution is -2.02. The molecule has 4 heteroatoms. The van der Waals surface area contributed by atoms with Crippen LogP contribution in [0.3, 0.4) is 0 Å². The third-order valence-electron chi connectivity index (χ3n) is 6.79. The summed E-state index contributed by atoms with van der Waals surface area (Å²) in [6.07, 6.45) is 0. The van der Waals surface area contributed by atoms with Crippen LogP contribution in [0.25, 0.3) is 59.8 Å². The van der Waals surface area contributed by atoms with E-state index in [9.17, 15) is 5.26 Å². The van der Waals surface area contributed by atoms with Gasteiger partial charge in [0, 0.05) is 21.5 Å². The zero-order valence-electron chi connectivity index (χ0n) is 21.0. The van der Waals surface area contributed by atoms with Crippen LogP contribution >= 0.6 is 0 Å². The lowest BCUT2D eigenvalue weighted by atomic mass is 10.1. The van der Waals surface area contributed by atoms with Crippen molar-refractivity contribution in [3.63, 3.8) is 0 Å². The maximum atomic E-state index is 10.2. The number of hydrogen-bond donors (Lipinski definition) is 0. The third kappa shape index (κ3) is 2.67. The summed E-state index contributed by atoms with van der Waals surface area (Å²) in [6.45, 7) is 7.99. The first-order valence-electron chi connectivity index (χ1n) is 12.6. The molecule has 0 aliphatic rings. The Bertz CT molecular complexity index is 2040. The van der Waals surface area contributed by atoms with Crippen molar-refractivity contribution in [3.05, 3.63) is 126 Å². The average molecular weight is 461 g/mol. The van der Waals surface area contributed by atoms with Gasteiger partial charge in [-0.1, -0.05) is 72.7 Å². The quantitative estimate of drug-likeness (QED) is 0.239. The number of para-hydroxylation sites is 4. The fraction of sp³-hybridized carbons (Fsp3) is 0. The summed E-state index contributed by atoms with van der Waals surface area (Å²) < 4.78 is 21.2. The molecule has 0 aliphatic heterocycles. The molecule has 5 aromatic carbocycles. The van der Waals surface area contributed by atoms with Crippen molar-refractivity contribution in [2.75, 3.05) is 0 Å². The maximum Gasteiger partial charge on any atom is 0.212 e. The minimum Gasteiger partial charge on any atom is -0.319 e. The SMILES string of the molecule is [2H]c1cccc2c1c1ccccc1n2-c1cc(-n2c3ccccc3c3c([2H])cccc32)c([N+]#[C-])cc1C#N. The van der Waals surface area contributed by atoms with Crippen molar-refractivity contribution < 1.29 is 2.74 Å². The summed E-state index contributed by atoms with van der Waals surface area (Å²) >= 11 is 0. The van der Waals surface area contributed by atoms with E-state index in [0.29, 0.717) is 34.7 Å². The predicted molar refractivity (Wildman–Crippen MR) is 146 cm³/mol. The Morgan fingerprint density at radius 1 is 0.639 bits per heavy atom. The zero-order valence-corrected chi connectivity index (χ0v) is 19.0. The first-order chi connectivity index (χ1) is 18.6. The molecule has 7 aromatic rings. The molecular formula is C32H18N4. The van der Waals surface area contributed by atoms with Gasteiger partial charge in [0.1, 0.15) is 0 Å². The highest BCUT2D eigenvalue weighted by molar-refractivity contribution is 6.11. The molecule has 0 amide bonds. The van der Waals surface area contributed by atoms with Gasteiger partial charge in [0.15, 0.2) is 0 Å². The minimum absolute atomic E-state index is 0.352. The number of aromatic nitrogens is 2. The third-order valence-corrected chi connectivity index (χ3v) is 6.79. The Hall–Kier alpha value is -5.32. The number of fused-ring (bicyclic) bond motifs is 6. The van der Waals surface area contributed by atoms with Crippen LogP contribution in [-0.2, 0) is 0 Å². The van der Waals surface area contributed by atoms with E-state index in [0.717, 1.165) is 43.6 Å². The van der Waals surface area contributed by atoms with Gasteiger partial charge < -0.3 is 9.13 Å². The van der Waals surface area contributed by atoms with Gasteiger partial charge in [-0.15, -0.1) is 0 Å². The number of nitriles is 1. The molecule has 36 heavy (non-hydrogen) atoms. The summed E-state index contributed by atoms with van der Waals surface area (Å²) in [4.78, 5) is 3.82. The summed E-state index contributed by atoms with van der Waals surface area (Å²) in [5.74, 6) is 0. The Labute approximate surface area is 210 Å². The molecule has 0 radical (unpaired) electrons. The van der Waals surface area contributed by atoms with E-state index in [2.05, 4.69) is 10.9 Å². The molecule has 2 aromatic heterocycles. The van der Waals surface area contributed by atoms with Gasteiger partial charge in [0.2, 0.25) is 5.69 Å². The lowest BCUT2D eigenvalue weighted by molar-refractivity contribution is 1.13. The molecule has 7 rings (SSSR count). The van der Waals surface area contributed by atoms with E-state index >= 15 is 0 Å². The Morgan fingerprint density at radius 2 is 1.11 bits per heavy atom. The van der Waals surface area contributed by atoms with Gasteiger partial charge in [-0.2, -0.15) is 5.26 Å². The molecule has 4 nitrogen and oxygen atoms in total. The Morgan fingerprint density at radius 3 is 1.64 bits per heavy atom. The highest BCUT2D eigenvalue weighted by atomic mass is 15.0. The molecule has 0 fully saturated rings. The summed E-state index contributed by atoms with van der Waals surface area (Å²) in [7, 11) is 0. The van der Waals surface area contributed by atoms with Crippen molar-refractivity contribution in [1.29, 1.82) is 5.26 Å². The van der Waals surface area contributed by atoms with Gasteiger partial charge in [-0.25, -0.2) is 4.85 Å². The topological polar surface area (TPSA) is 38.0 Å². The Kier molecular flexibility index (Phi) is 3.81. The molecular weight excluding hydrogens is 440 g/mol. The molecule has 0 N–H and O–H groups in total. The van der Waals surface area contributed by atoms with Crippen molar-refractivity contribution >= 4 is 49.3 Å². The van der Waals surface area contributed by atoms with Crippen LogP contribution in [0.4, 0.5) is 5.69 Å². The van der Waals surface area contributed by atoms with E-state index < -0.39 is 0 Å². The summed E-state index contributed by atoms with van der Waals surface area (Å²) in [5.41, 5.74) is 5.43. The lowest BCUT2D eigenvalue weighted by Gasteiger charge is -2.16. The molecule has 166 valence electrons. The number of nitrogens with zero attached hydrogens (tertiary/aromatic N) is 4. The normalized spacial score (nSPS) is 12.1. The molecule has 0 atom stereocenters. The second kappa shape index (κ2) is 7.60. The maximum absolute atomic E-state index is 10.2. The number of benzene rings is 5. The number of hydrogen-bond acceptors (Lipinski definition) is 1. The van der Waals surface area contributed by atoms with Gasteiger partial charge in [0.25, 0.3) is 0 Å². The van der Waals surface area contributed by atoms with Crippen molar-refractivity contribution in [2.24, 2.45) is 0 Å². The molecule has 0 saturated carbocycles. The van der Waals surface area contributed by atoms with Crippen molar-refractivity contribution in [1.82, 2.24) is 9.13 Å². The Balaban J connectivity index is 1.67. The monoisotopic (exact) mass is 460 g/mol. The van der Waals surface area contributed by atoms with Crippen LogP contribution in [0, 0.1) is 17.9 Å². The second-order valence-corrected chi connectivity index (χ2v) is 8.65. The first kappa shape index (κ1) is 18.1. The van der Waals surface area contributed by atoms with Crippen LogP contribution in [0.2, 0.25) is 0 Å². The van der Waals surface area contributed by atoms with Gasteiger partial charge in [0.05, 0.1) is 54.4 Å². The summed E-state index contributed by atoms with van der Waals surface area (Å²) in [6, 6.07) is 33.6. The highest BCUT2D eigenvalue weighted by Gasteiger charge is 2.20. The largest absolute Gasteiger partial charge is 0.319 e. The van der Waals surface area contributed by atoms with Crippen LogP contribution in [-0.4, -0.2) is 9.13 Å². The van der Waals surface area contributed by atoms with E-state index in [1.54, 1.807) is 18.2 Å². The molecule has 0 bridgehead atoms. The molecule has 0 spiro atoms. The predicted octanol–water partition coefficient (Wildman–Crippen LogP) is 8.30. The van der Waals surface area contributed by atoms with Crippen molar-refractivity contribution in [2.45, 2.75) is 0 Å². The van der Waals surface area contributed by atoms with E-state index in [1.807, 2.05) is 88.0 Å². The van der Waals surface area contributed by atoms with Gasteiger partial charge >= 0.3 is 0 Å². The van der Waals surface area contributed by atoms with E-state index in [-0.39, 0.29) is 0 Å². The molecule has 2 heterocycles. The highest BCUT2D eigenvalue weighted by Crippen LogP contribution is 2.39. The van der Waals surface area contributed by atoms with Gasteiger partial charge in [-0.05, 0) is 36.4 Å². The van der Waals surface area contributed by atoms with Crippen LogP contribution in [0.1, 0.15) is 8.30 Å². The zero-order chi connectivity index (χ0) is 26.0.